The van der Waals surface area contributed by atoms with Gasteiger partial charge in [0, 0.05) is 13.7 Å². The minimum absolute atomic E-state index is 0.0625. The number of nitrogens with zero attached hydrogens (tertiary/aromatic N) is 1. The summed E-state index contributed by atoms with van der Waals surface area (Å²) in [4.78, 5) is 18.4. The van der Waals surface area contributed by atoms with Gasteiger partial charge in [-0.15, -0.1) is 0 Å². The van der Waals surface area contributed by atoms with E-state index in [2.05, 4.69) is 0 Å². The summed E-state index contributed by atoms with van der Waals surface area (Å²) in [5.41, 5.74) is 0.497. The summed E-state index contributed by atoms with van der Waals surface area (Å²) in [5, 5.41) is 11.0. The Bertz CT molecular complexity index is 585. The first kappa shape index (κ1) is 20.2. The first-order valence-corrected chi connectivity index (χ1v) is 9.21. The molecule has 0 saturated carbocycles. The van der Waals surface area contributed by atoms with Crippen LogP contribution in [0, 0.1) is 0 Å². The number of rotatable bonds is 10. The van der Waals surface area contributed by atoms with Crippen LogP contribution in [0.5, 0.6) is 0 Å². The zero-order valence-electron chi connectivity index (χ0n) is 15.5. The van der Waals surface area contributed by atoms with Crippen LogP contribution in [-0.4, -0.2) is 80.8 Å². The third-order valence-corrected chi connectivity index (χ3v) is 4.77. The molecule has 2 fully saturated rings. The largest absolute Gasteiger partial charge is 0.454 e. The quantitative estimate of drug-likeness (QED) is 0.365. The van der Waals surface area contributed by atoms with Crippen LogP contribution in [0.2, 0.25) is 0 Å². The van der Waals surface area contributed by atoms with Gasteiger partial charge in [-0.05, 0) is 25.0 Å². The summed E-state index contributed by atoms with van der Waals surface area (Å²) in [6.07, 6.45) is 0.347. The molecular formula is C19H27NO7. The minimum Gasteiger partial charge on any atom is -0.454 e. The molecule has 3 rings (SSSR count). The number of benzene rings is 1. The lowest BCUT2D eigenvalue weighted by Crippen LogP contribution is -2.38. The Hall–Kier alpha value is -1.55. The van der Waals surface area contributed by atoms with E-state index in [1.807, 2.05) is 11.1 Å². The van der Waals surface area contributed by atoms with E-state index in [1.165, 1.54) is 0 Å². The van der Waals surface area contributed by atoms with Crippen LogP contribution in [0.4, 0.5) is 0 Å². The van der Waals surface area contributed by atoms with Crippen LogP contribution in [0.15, 0.2) is 30.3 Å². The summed E-state index contributed by atoms with van der Waals surface area (Å²) in [6.45, 7) is 1.55. The number of aliphatic hydroxyl groups is 1. The third kappa shape index (κ3) is 5.25. The Morgan fingerprint density at radius 3 is 2.85 bits per heavy atom. The number of aliphatic hydroxyl groups excluding tert-OH is 1. The highest BCUT2D eigenvalue weighted by Gasteiger charge is 2.51. The number of esters is 1. The maximum atomic E-state index is 12.5. The highest BCUT2D eigenvalue weighted by molar-refractivity contribution is 5.89. The van der Waals surface area contributed by atoms with Gasteiger partial charge >= 0.3 is 5.97 Å². The zero-order valence-corrected chi connectivity index (χ0v) is 15.5. The van der Waals surface area contributed by atoms with Gasteiger partial charge in [-0.3, -0.25) is 4.84 Å². The van der Waals surface area contributed by atoms with E-state index in [4.69, 9.17) is 28.9 Å². The summed E-state index contributed by atoms with van der Waals surface area (Å²) < 4.78 is 21.9. The van der Waals surface area contributed by atoms with Crippen molar-refractivity contribution in [2.45, 2.75) is 37.2 Å². The highest BCUT2D eigenvalue weighted by atomic mass is 16.7. The minimum atomic E-state index is -0.465. The standard InChI is InChI=1S/C19H27NO7/c1-23-9-10-24-13-25-17-12-20-16(11-15(27-20)7-8-21)18(17)26-19(22)14-5-3-2-4-6-14/h2-6,15-18,21H,7-13H2,1H3/t15-,16-,17+,18-/m0/s1. The van der Waals surface area contributed by atoms with Gasteiger partial charge in [0.2, 0.25) is 0 Å². The average molecular weight is 381 g/mol. The fourth-order valence-electron chi connectivity index (χ4n) is 3.42. The molecule has 150 valence electrons. The van der Waals surface area contributed by atoms with Gasteiger partial charge in [-0.2, -0.15) is 5.06 Å². The van der Waals surface area contributed by atoms with E-state index < -0.39 is 6.10 Å². The Labute approximate surface area is 158 Å². The first-order valence-electron chi connectivity index (χ1n) is 9.21. The molecule has 1 aromatic rings. The van der Waals surface area contributed by atoms with Crippen molar-refractivity contribution in [1.29, 1.82) is 0 Å². The number of hydroxylamine groups is 2. The predicted octanol–water partition coefficient (Wildman–Crippen LogP) is 0.988. The summed E-state index contributed by atoms with van der Waals surface area (Å²) >= 11 is 0. The molecule has 0 bridgehead atoms. The van der Waals surface area contributed by atoms with Crippen molar-refractivity contribution < 1.29 is 33.7 Å². The molecule has 2 saturated heterocycles. The Kier molecular flexibility index (Phi) is 7.57. The average Bonchev–Trinajstić information content (AvgIpc) is 3.21. The number of carbonyl (C=O) groups excluding carboxylic acids is 1. The fourth-order valence-corrected chi connectivity index (χ4v) is 3.42. The van der Waals surface area contributed by atoms with Crippen molar-refractivity contribution in [3.63, 3.8) is 0 Å². The Morgan fingerprint density at radius 2 is 2.11 bits per heavy atom. The lowest BCUT2D eigenvalue weighted by Gasteiger charge is -2.23. The second kappa shape index (κ2) is 10.1. The van der Waals surface area contributed by atoms with Crippen molar-refractivity contribution in [2.75, 3.05) is 40.3 Å². The maximum absolute atomic E-state index is 12.5. The van der Waals surface area contributed by atoms with Gasteiger partial charge in [0.25, 0.3) is 0 Å². The third-order valence-electron chi connectivity index (χ3n) is 4.77. The number of hydrogen-bond donors (Lipinski definition) is 1. The number of carbonyl (C=O) groups is 1. The molecule has 1 N–H and O–H groups in total. The van der Waals surface area contributed by atoms with Gasteiger partial charge in [0.1, 0.15) is 19.0 Å². The molecule has 0 amide bonds. The van der Waals surface area contributed by atoms with Gasteiger partial charge in [0.15, 0.2) is 0 Å². The number of hydrogen-bond acceptors (Lipinski definition) is 8. The molecule has 1 aromatic carbocycles. The molecule has 8 nitrogen and oxygen atoms in total. The molecular weight excluding hydrogens is 354 g/mol. The van der Waals surface area contributed by atoms with E-state index in [0.29, 0.717) is 38.2 Å². The molecule has 2 aliphatic rings. The second-order valence-corrected chi connectivity index (χ2v) is 6.60. The van der Waals surface area contributed by atoms with Crippen LogP contribution in [-0.2, 0) is 23.8 Å². The zero-order chi connectivity index (χ0) is 19.1. The Morgan fingerprint density at radius 1 is 1.30 bits per heavy atom. The molecule has 0 unspecified atom stereocenters. The molecule has 2 aliphatic heterocycles. The molecule has 0 spiro atoms. The maximum Gasteiger partial charge on any atom is 0.338 e. The number of ether oxygens (including phenoxy) is 4. The van der Waals surface area contributed by atoms with Crippen LogP contribution < -0.4 is 0 Å². The molecule has 8 heteroatoms. The molecule has 4 atom stereocenters. The second-order valence-electron chi connectivity index (χ2n) is 6.60. The monoisotopic (exact) mass is 381 g/mol. The SMILES string of the molecule is COCCOCO[C@@H]1CN2O[C@@H](CCO)C[C@H]2[C@@H]1OC(=O)c1ccccc1. The smallest absolute Gasteiger partial charge is 0.338 e. The van der Waals surface area contributed by atoms with Crippen LogP contribution in [0.1, 0.15) is 23.2 Å². The van der Waals surface area contributed by atoms with Crippen LogP contribution in [0.25, 0.3) is 0 Å². The van der Waals surface area contributed by atoms with Crippen molar-refractivity contribution in [3.05, 3.63) is 35.9 Å². The van der Waals surface area contributed by atoms with E-state index in [0.717, 1.165) is 0 Å². The van der Waals surface area contributed by atoms with Crippen molar-refractivity contribution in [2.24, 2.45) is 0 Å². The predicted molar refractivity (Wildman–Crippen MR) is 94.9 cm³/mol. The van der Waals surface area contributed by atoms with E-state index in [9.17, 15) is 4.79 Å². The summed E-state index contributed by atoms with van der Waals surface area (Å²) in [5.74, 6) is -0.387. The Balaban J connectivity index is 1.61. The van der Waals surface area contributed by atoms with Gasteiger partial charge in [0.05, 0.1) is 37.5 Å². The lowest BCUT2D eigenvalue weighted by molar-refractivity contribution is -0.164. The highest BCUT2D eigenvalue weighted by Crippen LogP contribution is 2.35. The summed E-state index contributed by atoms with van der Waals surface area (Å²) in [7, 11) is 1.61. The summed E-state index contributed by atoms with van der Waals surface area (Å²) in [6, 6.07) is 8.78. The molecule has 0 aromatic heterocycles. The van der Waals surface area contributed by atoms with Crippen molar-refractivity contribution >= 4 is 5.97 Å². The van der Waals surface area contributed by atoms with Crippen LogP contribution in [0.3, 0.4) is 0 Å². The molecule has 0 aliphatic carbocycles. The topological polar surface area (TPSA) is 86.7 Å². The van der Waals surface area contributed by atoms with Gasteiger partial charge < -0.3 is 24.1 Å². The van der Waals surface area contributed by atoms with E-state index in [-0.39, 0.29) is 37.6 Å². The van der Waals surface area contributed by atoms with Gasteiger partial charge in [-0.25, -0.2) is 4.79 Å². The molecule has 2 heterocycles. The van der Waals surface area contributed by atoms with Crippen molar-refractivity contribution in [3.8, 4) is 0 Å². The molecule has 27 heavy (non-hydrogen) atoms. The normalized spacial score (nSPS) is 27.6. The first-order chi connectivity index (χ1) is 13.2. The van der Waals surface area contributed by atoms with Gasteiger partial charge in [-0.1, -0.05) is 18.2 Å². The van der Waals surface area contributed by atoms with E-state index in [1.54, 1.807) is 31.4 Å². The fraction of sp³-hybridized carbons (Fsp3) is 0.632. The number of fused-ring (bicyclic) bond motifs is 1. The number of methoxy groups -OCH3 is 1. The molecule has 0 radical (unpaired) electrons. The van der Waals surface area contributed by atoms with Crippen molar-refractivity contribution in [1.82, 2.24) is 5.06 Å². The lowest BCUT2D eigenvalue weighted by atomic mass is 10.0. The van der Waals surface area contributed by atoms with Crippen LogP contribution >= 0.6 is 0 Å². The van der Waals surface area contributed by atoms with E-state index >= 15 is 0 Å².